The Morgan fingerprint density at radius 2 is 2.33 bits per heavy atom. The van der Waals surface area contributed by atoms with E-state index in [0.717, 1.165) is 48.9 Å². The molecule has 0 amide bonds. The van der Waals surface area contributed by atoms with E-state index in [1.807, 2.05) is 10.7 Å². The van der Waals surface area contributed by atoms with Crippen LogP contribution in [0, 0.1) is 0 Å². The smallest absolute Gasteiger partial charge is 0.180 e. The molecule has 2 aromatic heterocycles. The van der Waals surface area contributed by atoms with Gasteiger partial charge in [0.25, 0.3) is 0 Å². The van der Waals surface area contributed by atoms with Gasteiger partial charge in [0.1, 0.15) is 6.26 Å². The van der Waals surface area contributed by atoms with E-state index in [1.54, 1.807) is 18.0 Å². The molecular formula is C12H18N4OS. The van der Waals surface area contributed by atoms with Crippen LogP contribution in [0.1, 0.15) is 25.6 Å². The first-order valence-corrected chi connectivity index (χ1v) is 7.58. The average molecular weight is 266 g/mol. The standard InChI is InChI=1S/C12H18N4OS/c1-3-4-7-16-12(10-5-8-17-15-10)13-11(14-16)6-9-18-2/h5,8H,3-4,6-7,9H2,1-2H3. The van der Waals surface area contributed by atoms with Crippen molar-refractivity contribution >= 4 is 11.8 Å². The number of unbranched alkanes of at least 4 members (excludes halogenated alkanes) is 1. The third-order valence-electron chi connectivity index (χ3n) is 2.64. The maximum Gasteiger partial charge on any atom is 0.180 e. The van der Waals surface area contributed by atoms with Crippen LogP contribution in [0.2, 0.25) is 0 Å². The van der Waals surface area contributed by atoms with E-state index in [1.165, 1.54) is 0 Å². The predicted molar refractivity (Wildman–Crippen MR) is 72.5 cm³/mol. The van der Waals surface area contributed by atoms with Crippen LogP contribution >= 0.6 is 11.8 Å². The van der Waals surface area contributed by atoms with Crippen molar-refractivity contribution in [2.45, 2.75) is 32.7 Å². The molecule has 5 nitrogen and oxygen atoms in total. The summed E-state index contributed by atoms with van der Waals surface area (Å²) in [6, 6.07) is 1.82. The van der Waals surface area contributed by atoms with E-state index in [-0.39, 0.29) is 0 Å². The molecule has 0 radical (unpaired) electrons. The molecule has 0 fully saturated rings. The topological polar surface area (TPSA) is 56.7 Å². The van der Waals surface area contributed by atoms with Crippen LogP contribution in [0.4, 0.5) is 0 Å². The lowest BCUT2D eigenvalue weighted by atomic mass is 10.3. The maximum atomic E-state index is 4.88. The lowest BCUT2D eigenvalue weighted by Gasteiger charge is -2.01. The molecule has 0 atom stereocenters. The zero-order valence-corrected chi connectivity index (χ0v) is 11.6. The molecule has 18 heavy (non-hydrogen) atoms. The van der Waals surface area contributed by atoms with Crippen molar-refractivity contribution in [1.29, 1.82) is 0 Å². The minimum Gasteiger partial charge on any atom is -0.364 e. The summed E-state index contributed by atoms with van der Waals surface area (Å²) in [7, 11) is 0. The van der Waals surface area contributed by atoms with Gasteiger partial charge in [0.05, 0.1) is 0 Å². The molecular weight excluding hydrogens is 248 g/mol. The van der Waals surface area contributed by atoms with Crippen molar-refractivity contribution in [3.8, 4) is 11.5 Å². The molecule has 0 unspecified atom stereocenters. The molecule has 2 aromatic rings. The Bertz CT molecular complexity index is 466. The number of hydrogen-bond acceptors (Lipinski definition) is 5. The van der Waals surface area contributed by atoms with Crippen molar-refractivity contribution in [2.75, 3.05) is 12.0 Å². The Morgan fingerprint density at radius 1 is 1.44 bits per heavy atom. The Balaban J connectivity index is 2.21. The lowest BCUT2D eigenvalue weighted by Crippen LogP contribution is -2.03. The summed E-state index contributed by atoms with van der Waals surface area (Å²) < 4.78 is 6.83. The van der Waals surface area contributed by atoms with Crippen LogP contribution in [0.25, 0.3) is 11.5 Å². The second-order valence-electron chi connectivity index (χ2n) is 4.06. The highest BCUT2D eigenvalue weighted by atomic mass is 32.2. The molecule has 0 N–H and O–H groups in total. The van der Waals surface area contributed by atoms with Crippen LogP contribution < -0.4 is 0 Å². The van der Waals surface area contributed by atoms with E-state index >= 15 is 0 Å². The van der Waals surface area contributed by atoms with E-state index in [4.69, 9.17) is 4.52 Å². The van der Waals surface area contributed by atoms with Gasteiger partial charge in [-0.3, -0.25) is 0 Å². The molecule has 0 aliphatic carbocycles. The van der Waals surface area contributed by atoms with E-state index in [0.29, 0.717) is 0 Å². The Morgan fingerprint density at radius 3 is 3.00 bits per heavy atom. The summed E-state index contributed by atoms with van der Waals surface area (Å²) in [5.41, 5.74) is 0.758. The Kier molecular flexibility index (Phi) is 4.81. The summed E-state index contributed by atoms with van der Waals surface area (Å²) >= 11 is 1.80. The Hall–Kier alpha value is -1.30. The number of aromatic nitrogens is 4. The van der Waals surface area contributed by atoms with Gasteiger partial charge in [0.2, 0.25) is 0 Å². The van der Waals surface area contributed by atoms with E-state index in [9.17, 15) is 0 Å². The fourth-order valence-corrected chi connectivity index (χ4v) is 2.06. The number of aryl methyl sites for hydroxylation is 2. The summed E-state index contributed by atoms with van der Waals surface area (Å²) in [5, 5.41) is 8.50. The fraction of sp³-hybridized carbons (Fsp3) is 0.583. The molecule has 98 valence electrons. The van der Waals surface area contributed by atoms with Crippen molar-refractivity contribution < 1.29 is 4.52 Å². The van der Waals surface area contributed by atoms with Crippen LogP contribution in [-0.2, 0) is 13.0 Å². The van der Waals surface area contributed by atoms with Gasteiger partial charge in [-0.15, -0.1) is 0 Å². The minimum atomic E-state index is 0.758. The van der Waals surface area contributed by atoms with Gasteiger partial charge < -0.3 is 4.52 Å². The average Bonchev–Trinajstić information content (AvgIpc) is 3.02. The van der Waals surface area contributed by atoms with Crippen LogP contribution in [-0.4, -0.2) is 31.9 Å². The van der Waals surface area contributed by atoms with E-state index < -0.39 is 0 Å². The highest BCUT2D eigenvalue weighted by molar-refractivity contribution is 7.98. The molecule has 6 heteroatoms. The maximum absolute atomic E-state index is 4.88. The summed E-state index contributed by atoms with van der Waals surface area (Å²) in [5.74, 6) is 2.74. The molecule has 0 bridgehead atoms. The first-order chi connectivity index (χ1) is 8.85. The molecule has 0 aliphatic heterocycles. The molecule has 0 saturated carbocycles. The molecule has 0 aromatic carbocycles. The van der Waals surface area contributed by atoms with Crippen LogP contribution in [0.3, 0.4) is 0 Å². The SMILES string of the molecule is CCCCn1nc(CCSC)nc1-c1ccon1. The highest BCUT2D eigenvalue weighted by Gasteiger charge is 2.13. The van der Waals surface area contributed by atoms with Gasteiger partial charge in [-0.05, 0) is 12.7 Å². The molecule has 2 heterocycles. The van der Waals surface area contributed by atoms with Gasteiger partial charge in [0, 0.05) is 24.8 Å². The van der Waals surface area contributed by atoms with Crippen molar-refractivity contribution in [3.05, 3.63) is 18.2 Å². The van der Waals surface area contributed by atoms with Crippen molar-refractivity contribution in [3.63, 3.8) is 0 Å². The van der Waals surface area contributed by atoms with E-state index in [2.05, 4.69) is 28.4 Å². The number of hydrogen-bond donors (Lipinski definition) is 0. The first-order valence-electron chi connectivity index (χ1n) is 6.18. The quantitative estimate of drug-likeness (QED) is 0.771. The van der Waals surface area contributed by atoms with Crippen molar-refractivity contribution in [2.24, 2.45) is 0 Å². The van der Waals surface area contributed by atoms with Gasteiger partial charge >= 0.3 is 0 Å². The second-order valence-corrected chi connectivity index (χ2v) is 5.04. The van der Waals surface area contributed by atoms with Crippen molar-refractivity contribution in [1.82, 2.24) is 19.9 Å². The highest BCUT2D eigenvalue weighted by Crippen LogP contribution is 2.16. The summed E-state index contributed by atoms with van der Waals surface area (Å²) in [4.78, 5) is 4.56. The van der Waals surface area contributed by atoms with Gasteiger partial charge in [0.15, 0.2) is 17.3 Å². The minimum absolute atomic E-state index is 0.758. The number of rotatable bonds is 7. The summed E-state index contributed by atoms with van der Waals surface area (Å²) in [6.45, 7) is 3.05. The number of thioether (sulfide) groups is 1. The van der Waals surface area contributed by atoms with Gasteiger partial charge in [-0.1, -0.05) is 18.5 Å². The van der Waals surface area contributed by atoms with Gasteiger partial charge in [-0.2, -0.15) is 16.9 Å². The monoisotopic (exact) mass is 266 g/mol. The zero-order chi connectivity index (χ0) is 12.8. The van der Waals surface area contributed by atoms with Gasteiger partial charge in [-0.25, -0.2) is 9.67 Å². The van der Waals surface area contributed by atoms with Crippen LogP contribution in [0.5, 0.6) is 0 Å². The largest absolute Gasteiger partial charge is 0.364 e. The predicted octanol–water partition coefficient (Wildman–Crippen LogP) is 2.64. The zero-order valence-electron chi connectivity index (χ0n) is 10.8. The normalized spacial score (nSPS) is 11.0. The number of nitrogens with zero attached hydrogens (tertiary/aromatic N) is 4. The molecule has 2 rings (SSSR count). The molecule has 0 aliphatic rings. The Labute approximate surface area is 111 Å². The first kappa shape index (κ1) is 13.1. The van der Waals surface area contributed by atoms with Crippen LogP contribution in [0.15, 0.2) is 16.9 Å². The molecule has 0 saturated heterocycles. The second kappa shape index (κ2) is 6.58. The lowest BCUT2D eigenvalue weighted by molar-refractivity contribution is 0.421. The fourth-order valence-electron chi connectivity index (χ4n) is 1.67. The third kappa shape index (κ3) is 3.13. The third-order valence-corrected chi connectivity index (χ3v) is 3.25. The molecule has 0 spiro atoms. The summed E-state index contributed by atoms with van der Waals surface area (Å²) in [6.07, 6.45) is 6.78.